The van der Waals surface area contributed by atoms with E-state index in [0.29, 0.717) is 35.3 Å². The van der Waals surface area contributed by atoms with Gasteiger partial charge < -0.3 is 19.7 Å². The van der Waals surface area contributed by atoms with E-state index in [-0.39, 0.29) is 17.2 Å². The van der Waals surface area contributed by atoms with E-state index >= 15 is 0 Å². The van der Waals surface area contributed by atoms with E-state index in [4.69, 9.17) is 9.47 Å². The van der Waals surface area contributed by atoms with Gasteiger partial charge in [0, 0.05) is 23.9 Å². The molecular weight excluding hydrogens is 400 g/mol. The number of ether oxygens (including phenoxy) is 2. The molecule has 2 atom stereocenters. The maximum atomic E-state index is 13.5. The zero-order chi connectivity index (χ0) is 22.1. The Morgan fingerprint density at radius 2 is 1.83 bits per heavy atom. The highest BCUT2D eigenvalue weighted by atomic mass is 32.2. The quantitative estimate of drug-likeness (QED) is 0.523. The van der Waals surface area contributed by atoms with E-state index in [0.717, 1.165) is 32.1 Å². The van der Waals surface area contributed by atoms with E-state index in [1.54, 1.807) is 49.1 Å². The molecule has 0 radical (unpaired) electrons. The lowest BCUT2D eigenvalue weighted by Crippen LogP contribution is -2.50. The lowest BCUT2D eigenvalue weighted by Gasteiger charge is -2.29. The number of carbonyl (C=O) groups excluding carboxylic acids is 2. The Bertz CT molecular complexity index is 688. The minimum absolute atomic E-state index is 0.00194. The maximum absolute atomic E-state index is 13.5. The molecule has 6 nitrogen and oxygen atoms in total. The van der Waals surface area contributed by atoms with Crippen molar-refractivity contribution in [2.75, 3.05) is 26.5 Å². The molecule has 0 spiro atoms. The second-order valence-corrected chi connectivity index (χ2v) is 9.30. The number of hydrogen-bond acceptors (Lipinski definition) is 5. The van der Waals surface area contributed by atoms with Gasteiger partial charge in [0.2, 0.25) is 5.91 Å². The van der Waals surface area contributed by atoms with Crippen LogP contribution in [0, 0.1) is 5.92 Å². The predicted octanol–water partition coefficient (Wildman–Crippen LogP) is 4.33. The molecule has 1 aromatic carbocycles. The van der Waals surface area contributed by atoms with Crippen LogP contribution in [-0.2, 0) is 4.79 Å². The van der Waals surface area contributed by atoms with Gasteiger partial charge in [0.1, 0.15) is 17.5 Å². The molecule has 168 valence electrons. The van der Waals surface area contributed by atoms with Crippen molar-refractivity contribution in [3.05, 3.63) is 23.8 Å². The Morgan fingerprint density at radius 3 is 2.40 bits per heavy atom. The van der Waals surface area contributed by atoms with Crippen molar-refractivity contribution in [1.82, 2.24) is 10.2 Å². The molecule has 7 heteroatoms. The summed E-state index contributed by atoms with van der Waals surface area (Å²) < 4.78 is 10.7. The molecule has 1 saturated heterocycles. The first-order chi connectivity index (χ1) is 14.4. The molecule has 1 fully saturated rings. The highest BCUT2D eigenvalue weighted by Crippen LogP contribution is 2.35. The fourth-order valence-electron chi connectivity index (χ4n) is 3.51. The molecule has 0 aliphatic carbocycles. The first kappa shape index (κ1) is 24.4. The zero-order valence-corrected chi connectivity index (χ0v) is 19.7. The number of hydrogen-bond donors (Lipinski definition) is 1. The van der Waals surface area contributed by atoms with E-state index in [1.807, 2.05) is 0 Å². The van der Waals surface area contributed by atoms with Crippen LogP contribution < -0.4 is 14.8 Å². The summed E-state index contributed by atoms with van der Waals surface area (Å²) in [5.74, 6) is 2.05. The summed E-state index contributed by atoms with van der Waals surface area (Å²) in [7, 11) is 3.13. The van der Waals surface area contributed by atoms with Gasteiger partial charge in [-0.25, -0.2) is 0 Å². The molecule has 1 N–H and O–H groups in total. The molecule has 0 saturated carbocycles. The first-order valence-electron chi connectivity index (χ1n) is 10.9. The lowest BCUT2D eigenvalue weighted by molar-refractivity contribution is -0.124. The topological polar surface area (TPSA) is 67.9 Å². The van der Waals surface area contributed by atoms with Crippen molar-refractivity contribution < 1.29 is 19.1 Å². The fraction of sp³-hybridized carbons (Fsp3) is 0.652. The second-order valence-electron chi connectivity index (χ2n) is 8.09. The fourth-order valence-corrected chi connectivity index (χ4v) is 4.96. The van der Waals surface area contributed by atoms with Crippen LogP contribution in [0.25, 0.3) is 0 Å². The number of methoxy groups -OCH3 is 2. The molecule has 1 heterocycles. The molecule has 2 unspecified atom stereocenters. The lowest BCUT2D eigenvalue weighted by atomic mass is 10.1. The number of rotatable bonds is 11. The average molecular weight is 437 g/mol. The molecule has 1 aromatic rings. The Morgan fingerprint density at radius 1 is 1.17 bits per heavy atom. The summed E-state index contributed by atoms with van der Waals surface area (Å²) in [6.45, 7) is 7.06. The zero-order valence-electron chi connectivity index (χ0n) is 18.9. The van der Waals surface area contributed by atoms with Crippen molar-refractivity contribution in [3.8, 4) is 11.5 Å². The number of amides is 2. The Hall–Kier alpha value is -1.89. The van der Waals surface area contributed by atoms with Crippen molar-refractivity contribution in [2.24, 2.45) is 5.92 Å². The van der Waals surface area contributed by atoms with E-state index in [1.165, 1.54) is 0 Å². The van der Waals surface area contributed by atoms with Crippen LogP contribution in [0.4, 0.5) is 0 Å². The van der Waals surface area contributed by atoms with Crippen LogP contribution in [0.15, 0.2) is 18.2 Å². The maximum Gasteiger partial charge on any atom is 0.255 e. The Balaban J connectivity index is 2.24. The standard InChI is InChI=1S/C23H36N2O4S/c1-6-7-8-9-21-25(20(15-30-21)22(26)24-11-10-16(2)3)23(27)17-12-18(28-4)14-19(13-17)29-5/h12-14,16,20-21H,6-11,15H2,1-5H3,(H,24,26). The number of nitrogens with one attached hydrogen (secondary N) is 1. The van der Waals surface area contributed by atoms with Crippen molar-refractivity contribution in [2.45, 2.75) is 64.3 Å². The SMILES string of the molecule is CCCCCC1SCC(C(=O)NCCC(C)C)N1C(=O)c1cc(OC)cc(OC)c1. The molecule has 1 aliphatic heterocycles. The number of unbranched alkanes of at least 4 members (excludes halogenated alkanes) is 2. The van der Waals surface area contributed by atoms with Gasteiger partial charge >= 0.3 is 0 Å². The third kappa shape index (κ3) is 6.56. The molecule has 1 aliphatic rings. The Labute approximate surface area is 185 Å². The molecule has 2 amide bonds. The van der Waals surface area contributed by atoms with Gasteiger partial charge in [-0.05, 0) is 30.9 Å². The minimum atomic E-state index is -0.460. The molecule has 30 heavy (non-hydrogen) atoms. The number of thioether (sulfide) groups is 1. The summed E-state index contributed by atoms with van der Waals surface area (Å²) in [5, 5.41) is 3.03. The van der Waals surface area contributed by atoms with Gasteiger partial charge in [0.15, 0.2) is 0 Å². The molecule has 2 rings (SSSR count). The van der Waals surface area contributed by atoms with Crippen LogP contribution >= 0.6 is 11.8 Å². The molecule has 0 bridgehead atoms. The molecule has 0 aromatic heterocycles. The van der Waals surface area contributed by atoms with Gasteiger partial charge in [-0.3, -0.25) is 9.59 Å². The van der Waals surface area contributed by atoms with Crippen molar-refractivity contribution in [1.29, 1.82) is 0 Å². The second kappa shape index (κ2) is 12.1. The molecular formula is C23H36N2O4S. The van der Waals surface area contributed by atoms with Crippen LogP contribution in [0.2, 0.25) is 0 Å². The minimum Gasteiger partial charge on any atom is -0.497 e. The number of nitrogens with zero attached hydrogens (tertiary/aromatic N) is 1. The summed E-state index contributed by atoms with van der Waals surface area (Å²) in [6.07, 6.45) is 5.10. The van der Waals surface area contributed by atoms with E-state index in [2.05, 4.69) is 26.1 Å². The normalized spacial score (nSPS) is 18.5. The first-order valence-corrected chi connectivity index (χ1v) is 11.9. The van der Waals surface area contributed by atoms with Crippen LogP contribution in [0.3, 0.4) is 0 Å². The summed E-state index contributed by atoms with van der Waals surface area (Å²) in [5.41, 5.74) is 0.481. The van der Waals surface area contributed by atoms with Crippen LogP contribution in [0.1, 0.15) is 63.2 Å². The van der Waals surface area contributed by atoms with E-state index in [9.17, 15) is 9.59 Å². The summed E-state index contributed by atoms with van der Waals surface area (Å²) in [6, 6.07) is 4.71. The van der Waals surface area contributed by atoms with E-state index < -0.39 is 6.04 Å². The average Bonchev–Trinajstić information content (AvgIpc) is 3.16. The third-order valence-electron chi connectivity index (χ3n) is 5.30. The predicted molar refractivity (Wildman–Crippen MR) is 122 cm³/mol. The van der Waals surface area contributed by atoms with Gasteiger partial charge in [-0.15, -0.1) is 11.8 Å². The van der Waals surface area contributed by atoms with Crippen molar-refractivity contribution in [3.63, 3.8) is 0 Å². The third-order valence-corrected chi connectivity index (χ3v) is 6.66. The summed E-state index contributed by atoms with van der Waals surface area (Å²) in [4.78, 5) is 28.2. The van der Waals surface area contributed by atoms with Crippen LogP contribution in [0.5, 0.6) is 11.5 Å². The van der Waals surface area contributed by atoms with Gasteiger partial charge in [0.25, 0.3) is 5.91 Å². The monoisotopic (exact) mass is 436 g/mol. The Kier molecular flexibility index (Phi) is 9.82. The van der Waals surface area contributed by atoms with Gasteiger partial charge in [-0.2, -0.15) is 0 Å². The number of carbonyl (C=O) groups is 2. The highest BCUT2D eigenvalue weighted by molar-refractivity contribution is 8.00. The highest BCUT2D eigenvalue weighted by Gasteiger charge is 2.41. The van der Waals surface area contributed by atoms with Gasteiger partial charge in [0.05, 0.1) is 19.6 Å². The summed E-state index contributed by atoms with van der Waals surface area (Å²) >= 11 is 1.70. The smallest absolute Gasteiger partial charge is 0.255 e. The van der Waals surface area contributed by atoms with Gasteiger partial charge in [-0.1, -0.05) is 40.0 Å². The number of benzene rings is 1. The largest absolute Gasteiger partial charge is 0.497 e. The van der Waals surface area contributed by atoms with Crippen LogP contribution in [-0.4, -0.2) is 54.6 Å². The van der Waals surface area contributed by atoms with Crippen molar-refractivity contribution >= 4 is 23.6 Å².